The highest BCUT2D eigenvalue weighted by atomic mass is 19.3. The average Bonchev–Trinajstić information content (AvgIpc) is 2.11. The van der Waals surface area contributed by atoms with Gasteiger partial charge in [0, 0.05) is 6.42 Å². The van der Waals surface area contributed by atoms with Crippen molar-refractivity contribution in [2.45, 2.75) is 38.5 Å². The highest BCUT2D eigenvalue weighted by Gasteiger charge is 2.42. The molecule has 0 spiro atoms. The molecule has 0 saturated heterocycles. The molecule has 0 heterocycles. The van der Waals surface area contributed by atoms with Gasteiger partial charge >= 0.3 is 18.3 Å². The molecular formula is C8H12F4O2. The number of halogens is 4. The van der Waals surface area contributed by atoms with E-state index in [2.05, 4.69) is 4.74 Å². The summed E-state index contributed by atoms with van der Waals surface area (Å²) in [6.07, 6.45) is -2.61. The molecule has 0 amide bonds. The van der Waals surface area contributed by atoms with E-state index in [0.29, 0.717) is 12.8 Å². The van der Waals surface area contributed by atoms with Crippen LogP contribution in [0.15, 0.2) is 0 Å². The lowest BCUT2D eigenvalue weighted by Crippen LogP contribution is -2.33. The van der Waals surface area contributed by atoms with Crippen molar-refractivity contribution in [1.82, 2.24) is 0 Å². The van der Waals surface area contributed by atoms with E-state index < -0.39 is 24.9 Å². The topological polar surface area (TPSA) is 26.3 Å². The van der Waals surface area contributed by atoms with Gasteiger partial charge in [0.2, 0.25) is 0 Å². The Labute approximate surface area is 79.2 Å². The number of carbonyl (C=O) groups is 1. The minimum absolute atomic E-state index is 0.0180. The van der Waals surface area contributed by atoms with Crippen molar-refractivity contribution in [3.05, 3.63) is 0 Å². The van der Waals surface area contributed by atoms with Gasteiger partial charge in [0.1, 0.15) is 0 Å². The Balaban J connectivity index is 3.76. The zero-order valence-electron chi connectivity index (χ0n) is 7.73. The van der Waals surface area contributed by atoms with Gasteiger partial charge in [-0.25, -0.2) is 8.78 Å². The van der Waals surface area contributed by atoms with Crippen LogP contribution < -0.4 is 0 Å². The quantitative estimate of drug-likeness (QED) is 0.504. The molecule has 0 aromatic heterocycles. The molecule has 0 unspecified atom stereocenters. The van der Waals surface area contributed by atoms with E-state index in [1.165, 1.54) is 0 Å². The van der Waals surface area contributed by atoms with Crippen LogP contribution in [0.2, 0.25) is 0 Å². The smallest absolute Gasteiger partial charge is 0.340 e. The van der Waals surface area contributed by atoms with E-state index in [1.54, 1.807) is 6.92 Å². The summed E-state index contributed by atoms with van der Waals surface area (Å²) in [6.45, 7) is 0.258. The molecule has 14 heavy (non-hydrogen) atoms. The maximum Gasteiger partial charge on any atom is 0.340 e. The summed E-state index contributed by atoms with van der Waals surface area (Å²) < 4.78 is 51.6. The number of hydrogen-bond donors (Lipinski definition) is 0. The van der Waals surface area contributed by atoms with Crippen LogP contribution in [0.1, 0.15) is 26.2 Å². The third-order valence-electron chi connectivity index (χ3n) is 1.48. The summed E-state index contributed by atoms with van der Waals surface area (Å²) in [6, 6.07) is 0. The Bertz CT molecular complexity index is 182. The monoisotopic (exact) mass is 216 g/mol. The maximum absolute atomic E-state index is 12.2. The molecule has 0 N–H and O–H groups in total. The van der Waals surface area contributed by atoms with E-state index in [0.717, 1.165) is 0 Å². The Morgan fingerprint density at radius 3 is 2.43 bits per heavy atom. The number of rotatable bonds is 6. The number of hydrogen-bond acceptors (Lipinski definition) is 2. The summed E-state index contributed by atoms with van der Waals surface area (Å²) >= 11 is 0. The van der Waals surface area contributed by atoms with Crippen molar-refractivity contribution >= 4 is 5.97 Å². The SMILES string of the molecule is CCCCC(=O)OCC(F)(F)C(F)F. The number of ether oxygens (including phenoxy) is 1. The van der Waals surface area contributed by atoms with E-state index in [1.807, 2.05) is 0 Å². The molecule has 0 rings (SSSR count). The Kier molecular flexibility index (Phi) is 5.49. The summed E-state index contributed by atoms with van der Waals surface area (Å²) in [5.41, 5.74) is 0. The lowest BCUT2D eigenvalue weighted by atomic mass is 10.2. The molecule has 0 aliphatic rings. The van der Waals surface area contributed by atoms with Gasteiger partial charge in [-0.15, -0.1) is 0 Å². The first kappa shape index (κ1) is 13.2. The van der Waals surface area contributed by atoms with Crippen molar-refractivity contribution < 1.29 is 27.1 Å². The fourth-order valence-electron chi connectivity index (χ4n) is 0.633. The molecule has 0 bridgehead atoms. The molecule has 2 nitrogen and oxygen atoms in total. The summed E-state index contributed by atoms with van der Waals surface area (Å²) in [5.74, 6) is -5.12. The van der Waals surface area contributed by atoms with E-state index in [4.69, 9.17) is 0 Å². The average molecular weight is 216 g/mol. The summed E-state index contributed by atoms with van der Waals surface area (Å²) in [4.78, 5) is 10.7. The molecular weight excluding hydrogens is 204 g/mol. The van der Waals surface area contributed by atoms with Crippen molar-refractivity contribution in [1.29, 1.82) is 0 Å². The van der Waals surface area contributed by atoms with Crippen LogP contribution in [0.5, 0.6) is 0 Å². The summed E-state index contributed by atoms with van der Waals surface area (Å²) in [7, 11) is 0. The highest BCUT2D eigenvalue weighted by molar-refractivity contribution is 5.69. The first-order valence-electron chi connectivity index (χ1n) is 4.21. The van der Waals surface area contributed by atoms with Gasteiger partial charge in [-0.2, -0.15) is 8.78 Å². The van der Waals surface area contributed by atoms with Gasteiger partial charge in [-0.1, -0.05) is 13.3 Å². The van der Waals surface area contributed by atoms with Crippen LogP contribution in [0.3, 0.4) is 0 Å². The number of esters is 1. The second-order valence-electron chi connectivity index (χ2n) is 2.83. The van der Waals surface area contributed by atoms with Gasteiger partial charge in [-0.05, 0) is 6.42 Å². The van der Waals surface area contributed by atoms with Crippen LogP contribution >= 0.6 is 0 Å². The van der Waals surface area contributed by atoms with Crippen molar-refractivity contribution in [3.8, 4) is 0 Å². The second-order valence-corrected chi connectivity index (χ2v) is 2.83. The van der Waals surface area contributed by atoms with Crippen LogP contribution in [0.4, 0.5) is 17.6 Å². The van der Waals surface area contributed by atoms with Crippen molar-refractivity contribution in [2.75, 3.05) is 6.61 Å². The highest BCUT2D eigenvalue weighted by Crippen LogP contribution is 2.23. The van der Waals surface area contributed by atoms with Crippen LogP contribution in [-0.2, 0) is 9.53 Å². The predicted molar refractivity (Wildman–Crippen MR) is 41.4 cm³/mol. The van der Waals surface area contributed by atoms with Crippen molar-refractivity contribution in [3.63, 3.8) is 0 Å². The lowest BCUT2D eigenvalue weighted by Gasteiger charge is -2.14. The molecule has 0 aromatic rings. The molecule has 6 heteroatoms. The molecule has 84 valence electrons. The Morgan fingerprint density at radius 1 is 1.43 bits per heavy atom. The number of unbranched alkanes of at least 4 members (excludes halogenated alkanes) is 1. The number of carbonyl (C=O) groups excluding carboxylic acids is 1. The Hall–Kier alpha value is -0.810. The minimum Gasteiger partial charge on any atom is -0.459 e. The third kappa shape index (κ3) is 5.04. The van der Waals surface area contributed by atoms with E-state index in [9.17, 15) is 22.4 Å². The van der Waals surface area contributed by atoms with Gasteiger partial charge in [-0.3, -0.25) is 4.79 Å². The molecule has 0 atom stereocenters. The maximum atomic E-state index is 12.2. The standard InChI is InChI=1S/C8H12F4O2/c1-2-3-4-6(13)14-5-8(11,12)7(9)10/h7H,2-5H2,1H3. The second kappa shape index (κ2) is 5.82. The fraction of sp³-hybridized carbons (Fsp3) is 0.875. The molecule has 0 fully saturated rings. The largest absolute Gasteiger partial charge is 0.459 e. The molecule has 0 aliphatic heterocycles. The van der Waals surface area contributed by atoms with Gasteiger partial charge in [0.15, 0.2) is 6.61 Å². The van der Waals surface area contributed by atoms with E-state index >= 15 is 0 Å². The van der Waals surface area contributed by atoms with Gasteiger partial charge < -0.3 is 4.74 Å². The van der Waals surface area contributed by atoms with Gasteiger partial charge in [0.25, 0.3) is 0 Å². The van der Waals surface area contributed by atoms with Crippen LogP contribution in [0.25, 0.3) is 0 Å². The first-order chi connectivity index (χ1) is 6.40. The van der Waals surface area contributed by atoms with Crippen LogP contribution in [-0.4, -0.2) is 24.9 Å². The fourth-order valence-corrected chi connectivity index (χ4v) is 0.633. The first-order valence-corrected chi connectivity index (χ1v) is 4.21. The Morgan fingerprint density at radius 2 is 2.00 bits per heavy atom. The summed E-state index contributed by atoms with van der Waals surface area (Å²) in [5, 5.41) is 0. The third-order valence-corrected chi connectivity index (χ3v) is 1.48. The van der Waals surface area contributed by atoms with Gasteiger partial charge in [0.05, 0.1) is 0 Å². The lowest BCUT2D eigenvalue weighted by molar-refractivity contribution is -0.179. The van der Waals surface area contributed by atoms with Crippen molar-refractivity contribution in [2.24, 2.45) is 0 Å². The van der Waals surface area contributed by atoms with E-state index in [-0.39, 0.29) is 6.42 Å². The predicted octanol–water partition coefficient (Wildman–Crippen LogP) is 2.62. The normalized spacial score (nSPS) is 11.9. The molecule has 0 aromatic carbocycles. The number of alkyl halides is 4. The molecule has 0 aliphatic carbocycles. The van der Waals surface area contributed by atoms with Crippen LogP contribution in [0, 0.1) is 0 Å². The molecule has 0 radical (unpaired) electrons. The minimum atomic E-state index is -4.25. The molecule has 0 saturated carbocycles. The zero-order valence-corrected chi connectivity index (χ0v) is 7.73. The zero-order chi connectivity index (χ0) is 11.2.